The van der Waals surface area contributed by atoms with Gasteiger partial charge in [0.05, 0.1) is 11.2 Å². The minimum Gasteiger partial charge on any atom is -0.491 e. The summed E-state index contributed by atoms with van der Waals surface area (Å²) in [6, 6.07) is 5.03. The fourth-order valence-corrected chi connectivity index (χ4v) is 2.15. The molecule has 0 aliphatic carbocycles. The van der Waals surface area contributed by atoms with Crippen molar-refractivity contribution < 1.29 is 23.2 Å². The van der Waals surface area contributed by atoms with Crippen LogP contribution >= 0.6 is 0 Å². The van der Waals surface area contributed by atoms with Crippen molar-refractivity contribution in [2.75, 3.05) is 13.3 Å². The lowest BCUT2D eigenvalue weighted by atomic mass is 9.75. The van der Waals surface area contributed by atoms with Crippen molar-refractivity contribution in [2.24, 2.45) is 0 Å². The Labute approximate surface area is 124 Å². The molecule has 1 aromatic rings. The average Bonchev–Trinajstić information content (AvgIpc) is 2.64. The topological polar surface area (TPSA) is 44.8 Å². The summed E-state index contributed by atoms with van der Waals surface area (Å²) in [5.74, 6) is 0.413. The van der Waals surface area contributed by atoms with Gasteiger partial charge in [0.1, 0.15) is 25.3 Å². The monoisotopic (exact) mass is 294 g/mol. The predicted molar refractivity (Wildman–Crippen MR) is 79.0 cm³/mol. The van der Waals surface area contributed by atoms with Crippen LogP contribution in [0.25, 0.3) is 0 Å². The first-order valence-electron chi connectivity index (χ1n) is 6.95. The summed E-state index contributed by atoms with van der Waals surface area (Å²) < 4.78 is 29.7. The standard InChI is InChI=1S/C15H20BFO4/c1-14(2)15(3,4)21-16(20-14)13-11(10-18)6-5-7-12(13)19-9-8-17/h5-7,10H,8-9H2,1-4H3. The molecule has 4 nitrogen and oxygen atoms in total. The van der Waals surface area contributed by atoms with Crippen molar-refractivity contribution in [1.82, 2.24) is 0 Å². The summed E-state index contributed by atoms with van der Waals surface area (Å²) in [4.78, 5) is 11.3. The fourth-order valence-electron chi connectivity index (χ4n) is 2.15. The average molecular weight is 294 g/mol. The maximum atomic E-state index is 12.4. The van der Waals surface area contributed by atoms with Gasteiger partial charge in [-0.2, -0.15) is 0 Å². The van der Waals surface area contributed by atoms with Crippen LogP contribution in [-0.4, -0.2) is 37.9 Å². The van der Waals surface area contributed by atoms with Gasteiger partial charge in [0.15, 0.2) is 0 Å². The molecular weight excluding hydrogens is 274 g/mol. The SMILES string of the molecule is CC1(C)OB(c2c(C=O)cccc2OCCF)OC1(C)C. The molecule has 1 heterocycles. The number of alkyl halides is 1. The Morgan fingerprint density at radius 3 is 2.38 bits per heavy atom. The van der Waals surface area contributed by atoms with Crippen LogP contribution in [0.3, 0.4) is 0 Å². The molecule has 1 aliphatic heterocycles. The van der Waals surface area contributed by atoms with E-state index in [2.05, 4.69) is 0 Å². The van der Waals surface area contributed by atoms with Crippen LogP contribution < -0.4 is 10.2 Å². The van der Waals surface area contributed by atoms with E-state index in [-0.39, 0.29) is 6.61 Å². The lowest BCUT2D eigenvalue weighted by molar-refractivity contribution is 0.00578. The van der Waals surface area contributed by atoms with Gasteiger partial charge in [0.25, 0.3) is 0 Å². The molecule has 0 spiro atoms. The number of halogens is 1. The number of aldehydes is 1. The fraction of sp³-hybridized carbons (Fsp3) is 0.533. The van der Waals surface area contributed by atoms with Crippen LogP contribution in [0.15, 0.2) is 18.2 Å². The molecule has 1 aliphatic rings. The highest BCUT2D eigenvalue weighted by Gasteiger charge is 2.53. The first kappa shape index (κ1) is 16.0. The third-order valence-corrected chi connectivity index (χ3v) is 4.05. The number of rotatable bonds is 5. The molecule has 2 rings (SSSR count). The Hall–Kier alpha value is -1.40. The van der Waals surface area contributed by atoms with Gasteiger partial charge in [-0.15, -0.1) is 0 Å². The maximum absolute atomic E-state index is 12.4. The second kappa shape index (κ2) is 5.77. The zero-order chi connectivity index (χ0) is 15.7. The molecule has 0 unspecified atom stereocenters. The van der Waals surface area contributed by atoms with E-state index >= 15 is 0 Å². The summed E-state index contributed by atoms with van der Waals surface area (Å²) in [5.41, 5.74) is -0.111. The lowest BCUT2D eigenvalue weighted by Gasteiger charge is -2.32. The van der Waals surface area contributed by atoms with E-state index < -0.39 is 25.0 Å². The zero-order valence-electron chi connectivity index (χ0n) is 12.8. The number of carbonyl (C=O) groups is 1. The smallest absolute Gasteiger partial charge is 0.491 e. The summed E-state index contributed by atoms with van der Waals surface area (Å²) in [6.45, 7) is 7.04. The molecule has 0 saturated carbocycles. The largest absolute Gasteiger partial charge is 0.499 e. The highest BCUT2D eigenvalue weighted by molar-refractivity contribution is 6.64. The second-order valence-electron chi connectivity index (χ2n) is 6.00. The van der Waals surface area contributed by atoms with Crippen molar-refractivity contribution in [3.8, 4) is 5.75 Å². The van der Waals surface area contributed by atoms with E-state index in [9.17, 15) is 9.18 Å². The van der Waals surface area contributed by atoms with Crippen LogP contribution in [0.5, 0.6) is 5.75 Å². The maximum Gasteiger partial charge on any atom is 0.499 e. The van der Waals surface area contributed by atoms with E-state index in [1.165, 1.54) is 0 Å². The van der Waals surface area contributed by atoms with Gasteiger partial charge in [-0.25, -0.2) is 4.39 Å². The van der Waals surface area contributed by atoms with Crippen LogP contribution in [-0.2, 0) is 9.31 Å². The minimum absolute atomic E-state index is 0.0746. The number of ether oxygens (including phenoxy) is 1. The molecule has 114 valence electrons. The molecule has 0 N–H and O–H groups in total. The van der Waals surface area contributed by atoms with Crippen LogP contribution in [0.1, 0.15) is 38.1 Å². The quantitative estimate of drug-likeness (QED) is 0.616. The third kappa shape index (κ3) is 2.96. The lowest BCUT2D eigenvalue weighted by Crippen LogP contribution is -2.41. The number of hydrogen-bond donors (Lipinski definition) is 0. The predicted octanol–water partition coefficient (Wildman–Crippen LogP) is 2.15. The Kier molecular flexibility index (Phi) is 4.39. The Bertz CT molecular complexity index is 514. The van der Waals surface area contributed by atoms with E-state index in [1.54, 1.807) is 18.2 Å². The van der Waals surface area contributed by atoms with Gasteiger partial charge >= 0.3 is 7.12 Å². The molecule has 0 aromatic heterocycles. The van der Waals surface area contributed by atoms with Crippen molar-refractivity contribution >= 4 is 18.9 Å². The summed E-state index contributed by atoms with van der Waals surface area (Å²) in [6.07, 6.45) is 0.725. The highest BCUT2D eigenvalue weighted by Crippen LogP contribution is 2.37. The molecule has 1 fully saturated rings. The molecule has 0 atom stereocenters. The van der Waals surface area contributed by atoms with Crippen molar-refractivity contribution in [1.29, 1.82) is 0 Å². The normalized spacial score (nSPS) is 19.6. The second-order valence-corrected chi connectivity index (χ2v) is 6.00. The van der Waals surface area contributed by atoms with Gasteiger partial charge in [-0.1, -0.05) is 12.1 Å². The van der Waals surface area contributed by atoms with Gasteiger partial charge in [0.2, 0.25) is 0 Å². The summed E-state index contributed by atoms with van der Waals surface area (Å²) in [5, 5.41) is 0. The highest BCUT2D eigenvalue weighted by atomic mass is 19.1. The van der Waals surface area contributed by atoms with Crippen molar-refractivity contribution in [3.05, 3.63) is 23.8 Å². The Balaban J connectivity index is 2.41. The number of hydrogen-bond acceptors (Lipinski definition) is 4. The first-order valence-corrected chi connectivity index (χ1v) is 6.95. The third-order valence-electron chi connectivity index (χ3n) is 4.05. The number of carbonyl (C=O) groups excluding carboxylic acids is 1. The molecular formula is C15H20BFO4. The van der Waals surface area contributed by atoms with Gasteiger partial charge in [-0.05, 0) is 33.8 Å². The first-order chi connectivity index (χ1) is 9.82. The van der Waals surface area contributed by atoms with Gasteiger partial charge in [0, 0.05) is 11.0 Å². The Morgan fingerprint density at radius 2 is 1.86 bits per heavy atom. The van der Waals surface area contributed by atoms with Crippen LogP contribution in [0.4, 0.5) is 4.39 Å². The van der Waals surface area contributed by atoms with Crippen LogP contribution in [0.2, 0.25) is 0 Å². The molecule has 6 heteroatoms. The van der Waals surface area contributed by atoms with E-state index in [0.29, 0.717) is 16.8 Å². The van der Waals surface area contributed by atoms with Crippen LogP contribution in [0, 0.1) is 0 Å². The van der Waals surface area contributed by atoms with Crippen molar-refractivity contribution in [3.63, 3.8) is 0 Å². The van der Waals surface area contributed by atoms with E-state index in [0.717, 1.165) is 6.29 Å². The molecule has 1 aromatic carbocycles. The summed E-state index contributed by atoms with van der Waals surface area (Å²) in [7, 11) is -0.717. The molecule has 0 radical (unpaired) electrons. The van der Waals surface area contributed by atoms with Gasteiger partial charge in [-0.3, -0.25) is 4.79 Å². The Morgan fingerprint density at radius 1 is 1.24 bits per heavy atom. The van der Waals surface area contributed by atoms with E-state index in [4.69, 9.17) is 14.0 Å². The molecule has 0 amide bonds. The molecule has 21 heavy (non-hydrogen) atoms. The molecule has 0 bridgehead atoms. The number of benzene rings is 1. The summed E-state index contributed by atoms with van der Waals surface area (Å²) >= 11 is 0. The molecule has 1 saturated heterocycles. The zero-order valence-corrected chi connectivity index (χ0v) is 12.8. The van der Waals surface area contributed by atoms with Crippen molar-refractivity contribution in [2.45, 2.75) is 38.9 Å². The van der Waals surface area contributed by atoms with Gasteiger partial charge < -0.3 is 14.0 Å². The minimum atomic E-state index is -0.717. The van der Waals surface area contributed by atoms with E-state index in [1.807, 2.05) is 27.7 Å².